The fraction of sp³-hybridized carbons (Fsp3) is 0.214. The smallest absolute Gasteiger partial charge is 0.0763 e. The zero-order valence-electron chi connectivity index (χ0n) is 10.6. The number of hydrogen-bond donors (Lipinski definition) is 1. The van der Waals surface area contributed by atoms with E-state index in [2.05, 4.69) is 10.3 Å². The van der Waals surface area contributed by atoms with Gasteiger partial charge < -0.3 is 5.32 Å². The number of nitrogens with one attached hydrogen (secondary N) is 1. The number of hydrogen-bond acceptors (Lipinski definition) is 2. The molecule has 1 unspecified atom stereocenters. The Labute approximate surface area is 138 Å². The van der Waals surface area contributed by atoms with E-state index in [0.717, 1.165) is 11.3 Å². The fourth-order valence-electron chi connectivity index (χ4n) is 1.95. The van der Waals surface area contributed by atoms with Crippen LogP contribution in [0.5, 0.6) is 0 Å². The quantitative estimate of drug-likeness (QED) is 0.820. The normalized spacial score (nSPS) is 12.4. The standard InChI is InChI=1S/C14H12Cl4N2/c1-19-13(14-12(18)5-8(15)7-20-14)6-9-10(16)3-2-4-11(9)17/h2-5,7,13,19H,6H2,1H3. The Hall–Kier alpha value is -0.510. The van der Waals surface area contributed by atoms with Gasteiger partial charge in [-0.15, -0.1) is 0 Å². The van der Waals surface area contributed by atoms with E-state index in [9.17, 15) is 0 Å². The van der Waals surface area contributed by atoms with Crippen molar-refractivity contribution in [1.82, 2.24) is 10.3 Å². The topological polar surface area (TPSA) is 24.9 Å². The Morgan fingerprint density at radius 3 is 2.30 bits per heavy atom. The summed E-state index contributed by atoms with van der Waals surface area (Å²) in [5.74, 6) is 0. The van der Waals surface area contributed by atoms with Crippen LogP contribution in [0.4, 0.5) is 0 Å². The monoisotopic (exact) mass is 348 g/mol. The summed E-state index contributed by atoms with van der Waals surface area (Å²) in [7, 11) is 1.84. The first kappa shape index (κ1) is 15.9. The molecule has 0 amide bonds. The summed E-state index contributed by atoms with van der Waals surface area (Å²) >= 11 is 24.5. The van der Waals surface area contributed by atoms with Gasteiger partial charge in [-0.3, -0.25) is 4.98 Å². The van der Waals surface area contributed by atoms with Gasteiger partial charge in [0.1, 0.15) is 0 Å². The highest BCUT2D eigenvalue weighted by Gasteiger charge is 2.18. The highest BCUT2D eigenvalue weighted by molar-refractivity contribution is 6.36. The van der Waals surface area contributed by atoms with Crippen LogP contribution < -0.4 is 5.32 Å². The zero-order valence-corrected chi connectivity index (χ0v) is 13.7. The van der Waals surface area contributed by atoms with Gasteiger partial charge in [-0.2, -0.15) is 0 Å². The molecular weight excluding hydrogens is 338 g/mol. The van der Waals surface area contributed by atoms with E-state index in [0.29, 0.717) is 26.5 Å². The molecule has 2 nitrogen and oxygen atoms in total. The largest absolute Gasteiger partial charge is 0.311 e. The lowest BCUT2D eigenvalue weighted by Crippen LogP contribution is -2.20. The number of benzene rings is 1. The highest BCUT2D eigenvalue weighted by Crippen LogP contribution is 2.31. The van der Waals surface area contributed by atoms with Gasteiger partial charge in [-0.25, -0.2) is 0 Å². The first-order valence-electron chi connectivity index (χ1n) is 5.94. The molecule has 0 aliphatic carbocycles. The summed E-state index contributed by atoms with van der Waals surface area (Å²) in [5, 5.41) is 5.45. The molecule has 0 spiro atoms. The predicted octanol–water partition coefficient (Wildman–Crippen LogP) is 5.20. The van der Waals surface area contributed by atoms with E-state index in [1.54, 1.807) is 12.3 Å². The zero-order chi connectivity index (χ0) is 14.7. The minimum absolute atomic E-state index is 0.0998. The van der Waals surface area contributed by atoms with Gasteiger partial charge in [0.05, 0.1) is 21.8 Å². The van der Waals surface area contributed by atoms with E-state index in [1.807, 2.05) is 25.2 Å². The van der Waals surface area contributed by atoms with Gasteiger partial charge in [0.15, 0.2) is 0 Å². The Bertz CT molecular complexity index is 596. The van der Waals surface area contributed by atoms with Gasteiger partial charge >= 0.3 is 0 Å². The minimum Gasteiger partial charge on any atom is -0.311 e. The summed E-state index contributed by atoms with van der Waals surface area (Å²) in [6.45, 7) is 0. The number of halogens is 4. The van der Waals surface area contributed by atoms with Crippen molar-refractivity contribution in [2.24, 2.45) is 0 Å². The van der Waals surface area contributed by atoms with Crippen LogP contribution in [0.15, 0.2) is 30.5 Å². The Morgan fingerprint density at radius 2 is 1.75 bits per heavy atom. The molecule has 0 radical (unpaired) electrons. The number of nitrogens with zero attached hydrogens (tertiary/aromatic N) is 1. The molecule has 1 N–H and O–H groups in total. The highest BCUT2D eigenvalue weighted by atomic mass is 35.5. The average molecular weight is 350 g/mol. The molecule has 1 aromatic heterocycles. The summed E-state index contributed by atoms with van der Waals surface area (Å²) in [5.41, 5.74) is 1.58. The predicted molar refractivity (Wildman–Crippen MR) is 86.2 cm³/mol. The number of aromatic nitrogens is 1. The Kier molecular flexibility index (Phi) is 5.53. The maximum Gasteiger partial charge on any atom is 0.0763 e. The molecule has 106 valence electrons. The SMILES string of the molecule is CNC(Cc1c(Cl)cccc1Cl)c1ncc(Cl)cc1Cl. The first-order chi connectivity index (χ1) is 9.52. The molecule has 6 heteroatoms. The van der Waals surface area contributed by atoms with Crippen molar-refractivity contribution in [2.75, 3.05) is 7.05 Å². The first-order valence-corrected chi connectivity index (χ1v) is 7.45. The van der Waals surface area contributed by atoms with Crippen molar-refractivity contribution in [1.29, 1.82) is 0 Å². The van der Waals surface area contributed by atoms with Gasteiger partial charge in [0.25, 0.3) is 0 Å². The molecule has 2 aromatic rings. The van der Waals surface area contributed by atoms with E-state index >= 15 is 0 Å². The van der Waals surface area contributed by atoms with E-state index in [-0.39, 0.29) is 6.04 Å². The second-order valence-corrected chi connectivity index (χ2v) is 5.92. The van der Waals surface area contributed by atoms with Crippen LogP contribution in [0, 0.1) is 0 Å². The fourth-order valence-corrected chi connectivity index (χ4v) is 3.01. The molecule has 1 heterocycles. The minimum atomic E-state index is -0.0998. The lowest BCUT2D eigenvalue weighted by molar-refractivity contribution is 0.576. The molecular formula is C14H12Cl4N2. The summed E-state index contributed by atoms with van der Waals surface area (Å²) in [4.78, 5) is 4.29. The third kappa shape index (κ3) is 3.57. The van der Waals surface area contributed by atoms with Crippen molar-refractivity contribution in [3.05, 3.63) is 61.8 Å². The summed E-state index contributed by atoms with van der Waals surface area (Å²) in [6, 6.07) is 7.01. The van der Waals surface area contributed by atoms with Crippen LogP contribution in [-0.2, 0) is 6.42 Å². The van der Waals surface area contributed by atoms with Gasteiger partial charge in [0.2, 0.25) is 0 Å². The molecule has 0 fully saturated rings. The number of rotatable bonds is 4. The van der Waals surface area contributed by atoms with Crippen molar-refractivity contribution in [3.8, 4) is 0 Å². The Balaban J connectivity index is 2.34. The average Bonchev–Trinajstić information content (AvgIpc) is 2.40. The molecule has 1 atom stereocenters. The van der Waals surface area contributed by atoms with Crippen molar-refractivity contribution in [2.45, 2.75) is 12.5 Å². The van der Waals surface area contributed by atoms with E-state index < -0.39 is 0 Å². The van der Waals surface area contributed by atoms with Crippen LogP contribution in [0.2, 0.25) is 20.1 Å². The molecule has 1 aromatic carbocycles. The summed E-state index contributed by atoms with van der Waals surface area (Å²) in [6.07, 6.45) is 2.16. The van der Waals surface area contributed by atoms with Gasteiger partial charge in [-0.05, 0) is 37.2 Å². The van der Waals surface area contributed by atoms with Crippen LogP contribution in [0.25, 0.3) is 0 Å². The third-order valence-corrected chi connectivity index (χ3v) is 4.20. The third-order valence-electron chi connectivity index (χ3n) is 2.98. The Morgan fingerprint density at radius 1 is 1.10 bits per heavy atom. The number of pyridine rings is 1. The number of likely N-dealkylation sites (N-methyl/N-ethyl adjacent to an activating group) is 1. The second-order valence-electron chi connectivity index (χ2n) is 4.27. The van der Waals surface area contributed by atoms with E-state index in [4.69, 9.17) is 46.4 Å². The van der Waals surface area contributed by atoms with Gasteiger partial charge in [0, 0.05) is 16.2 Å². The summed E-state index contributed by atoms with van der Waals surface area (Å²) < 4.78 is 0. The molecule has 0 saturated heterocycles. The van der Waals surface area contributed by atoms with E-state index in [1.165, 1.54) is 0 Å². The molecule has 2 rings (SSSR count). The van der Waals surface area contributed by atoms with Crippen LogP contribution in [0.1, 0.15) is 17.3 Å². The lowest BCUT2D eigenvalue weighted by atomic mass is 10.0. The maximum absolute atomic E-state index is 6.20. The maximum atomic E-state index is 6.20. The lowest BCUT2D eigenvalue weighted by Gasteiger charge is -2.18. The molecule has 20 heavy (non-hydrogen) atoms. The van der Waals surface area contributed by atoms with Crippen LogP contribution in [-0.4, -0.2) is 12.0 Å². The van der Waals surface area contributed by atoms with Crippen LogP contribution in [0.3, 0.4) is 0 Å². The molecule has 0 aliphatic rings. The molecule has 0 saturated carbocycles. The van der Waals surface area contributed by atoms with Crippen molar-refractivity contribution in [3.63, 3.8) is 0 Å². The van der Waals surface area contributed by atoms with Crippen LogP contribution >= 0.6 is 46.4 Å². The van der Waals surface area contributed by atoms with Gasteiger partial charge in [-0.1, -0.05) is 52.5 Å². The van der Waals surface area contributed by atoms with Crippen molar-refractivity contribution < 1.29 is 0 Å². The molecule has 0 bridgehead atoms. The second kappa shape index (κ2) is 6.97. The molecule has 0 aliphatic heterocycles. The van der Waals surface area contributed by atoms with Crippen molar-refractivity contribution >= 4 is 46.4 Å².